The number of nitrogens with zero attached hydrogens (tertiary/aromatic N) is 2. The van der Waals surface area contributed by atoms with Gasteiger partial charge < -0.3 is 10.5 Å². The average Bonchev–Trinajstić information content (AvgIpc) is 2.13. The van der Waals surface area contributed by atoms with E-state index in [1.54, 1.807) is 13.3 Å². The lowest BCUT2D eigenvalue weighted by Crippen LogP contribution is -2.07. The Morgan fingerprint density at radius 2 is 2.38 bits per heavy atom. The second-order valence-corrected chi connectivity index (χ2v) is 3.45. The quantitative estimate of drug-likeness (QED) is 0.884. The van der Waals surface area contributed by atoms with Gasteiger partial charge in [0.2, 0.25) is 0 Å². The summed E-state index contributed by atoms with van der Waals surface area (Å²) in [5.74, 6) is 1.08. The summed E-state index contributed by atoms with van der Waals surface area (Å²) in [4.78, 5) is 8.23. The van der Waals surface area contributed by atoms with Gasteiger partial charge in [0.1, 0.15) is 11.9 Å². The minimum atomic E-state index is -0.0737. The molecule has 0 aliphatic heterocycles. The van der Waals surface area contributed by atoms with Gasteiger partial charge in [0.15, 0.2) is 5.82 Å². The molecule has 5 heteroatoms. The second-order valence-electron chi connectivity index (χ2n) is 2.59. The summed E-state index contributed by atoms with van der Waals surface area (Å²) in [5, 5.41) is 0. The highest BCUT2D eigenvalue weighted by atomic mass is 79.9. The van der Waals surface area contributed by atoms with Gasteiger partial charge in [0.25, 0.3) is 0 Å². The van der Waals surface area contributed by atoms with E-state index in [0.717, 1.165) is 6.42 Å². The van der Waals surface area contributed by atoms with Crippen molar-refractivity contribution in [1.29, 1.82) is 0 Å². The fourth-order valence-corrected chi connectivity index (χ4v) is 1.20. The van der Waals surface area contributed by atoms with Crippen LogP contribution in [0, 0.1) is 0 Å². The number of halogens is 1. The number of methoxy groups -OCH3 is 1. The molecule has 0 saturated carbocycles. The first-order valence-corrected chi connectivity index (χ1v) is 4.79. The number of aromatic nitrogens is 2. The lowest BCUT2D eigenvalue weighted by Gasteiger charge is -2.11. The molecule has 1 heterocycles. The summed E-state index contributed by atoms with van der Waals surface area (Å²) in [5.41, 5.74) is 5.61. The maximum atomic E-state index is 5.61. The molecule has 72 valence electrons. The van der Waals surface area contributed by atoms with Crippen LogP contribution in [0.1, 0.15) is 25.3 Å². The van der Waals surface area contributed by atoms with Crippen LogP contribution in [0.15, 0.2) is 10.7 Å². The Morgan fingerprint density at radius 3 is 2.85 bits per heavy atom. The Kier molecular flexibility index (Phi) is 3.62. The van der Waals surface area contributed by atoms with Crippen LogP contribution in [0.3, 0.4) is 0 Å². The molecule has 1 rings (SSSR count). The molecule has 0 saturated heterocycles. The van der Waals surface area contributed by atoms with E-state index in [1.807, 2.05) is 6.92 Å². The molecular formula is C8H12BrN3O. The van der Waals surface area contributed by atoms with Crippen molar-refractivity contribution in [3.05, 3.63) is 16.5 Å². The van der Waals surface area contributed by atoms with E-state index >= 15 is 0 Å². The number of ether oxygens (including phenoxy) is 1. The molecule has 0 amide bonds. The summed E-state index contributed by atoms with van der Waals surface area (Å²) in [6.45, 7) is 2.01. The first kappa shape index (κ1) is 10.4. The zero-order chi connectivity index (χ0) is 9.84. The van der Waals surface area contributed by atoms with Gasteiger partial charge in [-0.2, -0.15) is 0 Å². The number of nitrogens with two attached hydrogens (primary N) is 1. The Hall–Kier alpha value is -0.680. The molecule has 1 aromatic heterocycles. The van der Waals surface area contributed by atoms with Gasteiger partial charge in [-0.05, 0) is 22.4 Å². The van der Waals surface area contributed by atoms with E-state index in [1.165, 1.54) is 0 Å². The van der Waals surface area contributed by atoms with Crippen LogP contribution in [-0.4, -0.2) is 17.1 Å². The topological polar surface area (TPSA) is 61.0 Å². The van der Waals surface area contributed by atoms with E-state index in [-0.39, 0.29) is 6.10 Å². The fraction of sp³-hybridized carbons (Fsp3) is 0.500. The van der Waals surface area contributed by atoms with Crippen LogP contribution in [-0.2, 0) is 4.74 Å². The number of hydrogen-bond acceptors (Lipinski definition) is 4. The standard InChI is InChI=1S/C8H12BrN3O/c1-3-6(13-2)8-11-4-5(9)7(10)12-8/h4,6H,3H2,1-2H3,(H2,10,11,12). The van der Waals surface area contributed by atoms with E-state index in [4.69, 9.17) is 10.5 Å². The van der Waals surface area contributed by atoms with Crippen LogP contribution >= 0.6 is 15.9 Å². The van der Waals surface area contributed by atoms with Gasteiger partial charge in [-0.15, -0.1) is 0 Å². The molecule has 13 heavy (non-hydrogen) atoms. The molecule has 2 N–H and O–H groups in total. The Bertz CT molecular complexity index is 289. The summed E-state index contributed by atoms with van der Waals surface area (Å²) < 4.78 is 5.89. The third kappa shape index (κ3) is 2.38. The zero-order valence-electron chi connectivity index (χ0n) is 7.62. The Balaban J connectivity index is 2.95. The monoisotopic (exact) mass is 245 g/mol. The zero-order valence-corrected chi connectivity index (χ0v) is 9.21. The largest absolute Gasteiger partial charge is 0.383 e. The van der Waals surface area contributed by atoms with Crippen LogP contribution in [0.5, 0.6) is 0 Å². The molecule has 0 aliphatic carbocycles. The van der Waals surface area contributed by atoms with Crippen molar-refractivity contribution in [3.8, 4) is 0 Å². The lowest BCUT2D eigenvalue weighted by atomic mass is 10.2. The SMILES string of the molecule is CCC(OC)c1ncc(Br)c(N)n1. The van der Waals surface area contributed by atoms with Crippen LogP contribution in [0.2, 0.25) is 0 Å². The third-order valence-electron chi connectivity index (χ3n) is 1.73. The predicted molar refractivity (Wildman–Crippen MR) is 54.2 cm³/mol. The van der Waals surface area contributed by atoms with Crippen molar-refractivity contribution >= 4 is 21.7 Å². The molecule has 0 spiro atoms. The van der Waals surface area contributed by atoms with Crippen molar-refractivity contribution in [2.45, 2.75) is 19.4 Å². The Morgan fingerprint density at radius 1 is 1.69 bits per heavy atom. The van der Waals surface area contributed by atoms with E-state index in [9.17, 15) is 0 Å². The number of rotatable bonds is 3. The maximum Gasteiger partial charge on any atom is 0.159 e. The number of hydrogen-bond donors (Lipinski definition) is 1. The van der Waals surface area contributed by atoms with Crippen LogP contribution in [0.25, 0.3) is 0 Å². The van der Waals surface area contributed by atoms with Gasteiger partial charge in [-0.25, -0.2) is 9.97 Å². The van der Waals surface area contributed by atoms with Crippen LogP contribution in [0.4, 0.5) is 5.82 Å². The average molecular weight is 246 g/mol. The molecule has 0 fully saturated rings. The lowest BCUT2D eigenvalue weighted by molar-refractivity contribution is 0.0927. The van der Waals surface area contributed by atoms with Crippen molar-refractivity contribution in [2.75, 3.05) is 12.8 Å². The highest BCUT2D eigenvalue weighted by molar-refractivity contribution is 9.10. The molecule has 4 nitrogen and oxygen atoms in total. The summed E-state index contributed by atoms with van der Waals surface area (Å²) >= 11 is 3.23. The summed E-state index contributed by atoms with van der Waals surface area (Å²) in [6, 6.07) is 0. The van der Waals surface area contributed by atoms with Crippen molar-refractivity contribution < 1.29 is 4.74 Å². The number of anilines is 1. The first-order chi connectivity index (χ1) is 6.19. The van der Waals surface area contributed by atoms with Gasteiger partial charge in [-0.1, -0.05) is 6.92 Å². The first-order valence-electron chi connectivity index (χ1n) is 3.99. The molecule has 0 bridgehead atoms. The minimum Gasteiger partial charge on any atom is -0.383 e. The van der Waals surface area contributed by atoms with E-state index in [2.05, 4.69) is 25.9 Å². The van der Waals surface area contributed by atoms with Crippen molar-refractivity contribution in [2.24, 2.45) is 0 Å². The number of nitrogen functional groups attached to an aromatic ring is 1. The van der Waals surface area contributed by atoms with Crippen molar-refractivity contribution in [1.82, 2.24) is 9.97 Å². The molecule has 1 unspecified atom stereocenters. The van der Waals surface area contributed by atoms with E-state index < -0.39 is 0 Å². The second kappa shape index (κ2) is 4.53. The molecule has 0 radical (unpaired) electrons. The normalized spacial score (nSPS) is 12.8. The highest BCUT2D eigenvalue weighted by Crippen LogP contribution is 2.20. The van der Waals surface area contributed by atoms with Gasteiger partial charge in [0, 0.05) is 13.3 Å². The Labute approximate surface area is 85.7 Å². The van der Waals surface area contributed by atoms with Gasteiger partial charge in [-0.3, -0.25) is 0 Å². The highest BCUT2D eigenvalue weighted by Gasteiger charge is 2.12. The van der Waals surface area contributed by atoms with Crippen LogP contribution < -0.4 is 5.73 Å². The van der Waals surface area contributed by atoms with Crippen molar-refractivity contribution in [3.63, 3.8) is 0 Å². The summed E-state index contributed by atoms with van der Waals surface area (Å²) in [7, 11) is 1.63. The predicted octanol–water partition coefficient (Wildman–Crippen LogP) is 1.92. The van der Waals surface area contributed by atoms with Gasteiger partial charge in [0.05, 0.1) is 4.47 Å². The molecule has 1 aromatic rings. The third-order valence-corrected chi connectivity index (χ3v) is 2.34. The maximum absolute atomic E-state index is 5.61. The smallest absolute Gasteiger partial charge is 0.159 e. The van der Waals surface area contributed by atoms with E-state index in [0.29, 0.717) is 16.1 Å². The molecule has 0 aliphatic rings. The molecular weight excluding hydrogens is 234 g/mol. The minimum absolute atomic E-state index is 0.0737. The fourth-order valence-electron chi connectivity index (χ4n) is 1.00. The molecule has 0 aromatic carbocycles. The van der Waals surface area contributed by atoms with Gasteiger partial charge >= 0.3 is 0 Å². The molecule has 1 atom stereocenters. The summed E-state index contributed by atoms with van der Waals surface area (Å²) in [6.07, 6.45) is 2.40.